The highest BCUT2D eigenvalue weighted by Gasteiger charge is 2.36. The fourth-order valence-corrected chi connectivity index (χ4v) is 0.978. The molecule has 4 nitrogen and oxygen atoms in total. The van der Waals surface area contributed by atoms with Gasteiger partial charge in [0.15, 0.2) is 0 Å². The van der Waals surface area contributed by atoms with Crippen molar-refractivity contribution in [3.05, 3.63) is 33.7 Å². The van der Waals surface area contributed by atoms with E-state index in [0.717, 1.165) is 19.2 Å². The van der Waals surface area contributed by atoms with Crippen molar-refractivity contribution < 1.29 is 22.7 Å². The number of halogens is 3. The van der Waals surface area contributed by atoms with Crippen molar-refractivity contribution >= 4 is 5.97 Å². The SMILES string of the molecule is COC(=O)c1ccc(=O)[nH]c1C(F)(F)F. The Morgan fingerprint density at radius 3 is 2.47 bits per heavy atom. The summed E-state index contributed by atoms with van der Waals surface area (Å²) < 4.78 is 41.2. The number of rotatable bonds is 1. The number of nitrogens with one attached hydrogen (secondary N) is 1. The Labute approximate surface area is 81.7 Å². The molecule has 1 aromatic heterocycles. The lowest BCUT2D eigenvalue weighted by molar-refractivity contribution is -0.141. The summed E-state index contributed by atoms with van der Waals surface area (Å²) in [7, 11) is 0.952. The van der Waals surface area contributed by atoms with Crippen molar-refractivity contribution in [3.8, 4) is 0 Å². The average Bonchev–Trinajstić information content (AvgIpc) is 2.15. The Morgan fingerprint density at radius 1 is 1.40 bits per heavy atom. The molecule has 0 aliphatic heterocycles. The van der Waals surface area contributed by atoms with Crippen LogP contribution in [0.4, 0.5) is 13.2 Å². The third-order valence-electron chi connectivity index (χ3n) is 1.61. The van der Waals surface area contributed by atoms with Gasteiger partial charge < -0.3 is 9.72 Å². The zero-order chi connectivity index (χ0) is 11.6. The number of H-pyrrole nitrogens is 1. The van der Waals surface area contributed by atoms with E-state index in [9.17, 15) is 22.8 Å². The number of alkyl halides is 3. The van der Waals surface area contributed by atoms with Crippen LogP contribution >= 0.6 is 0 Å². The van der Waals surface area contributed by atoms with Gasteiger partial charge in [0.1, 0.15) is 5.69 Å². The van der Waals surface area contributed by atoms with Crippen LogP contribution in [0.1, 0.15) is 16.1 Å². The first-order valence-electron chi connectivity index (χ1n) is 3.75. The van der Waals surface area contributed by atoms with Gasteiger partial charge in [-0.1, -0.05) is 0 Å². The summed E-state index contributed by atoms with van der Waals surface area (Å²) in [6.45, 7) is 0. The number of aromatic nitrogens is 1. The van der Waals surface area contributed by atoms with Crippen molar-refractivity contribution in [2.45, 2.75) is 6.18 Å². The molecule has 15 heavy (non-hydrogen) atoms. The standard InChI is InChI=1S/C8H6F3NO3/c1-15-7(14)4-2-3-5(13)12-6(4)8(9,10)11/h2-3H,1H3,(H,12,13). The first kappa shape index (κ1) is 11.3. The molecule has 1 aromatic rings. The quantitative estimate of drug-likeness (QED) is 0.724. The number of pyridine rings is 1. The molecule has 0 bridgehead atoms. The fraction of sp³-hybridized carbons (Fsp3) is 0.250. The maximum Gasteiger partial charge on any atom is 0.432 e. The number of hydrogen-bond acceptors (Lipinski definition) is 3. The van der Waals surface area contributed by atoms with Gasteiger partial charge in [-0.3, -0.25) is 4.79 Å². The van der Waals surface area contributed by atoms with Crippen LogP contribution in [0.25, 0.3) is 0 Å². The van der Waals surface area contributed by atoms with E-state index >= 15 is 0 Å². The molecule has 1 heterocycles. The zero-order valence-electron chi connectivity index (χ0n) is 7.51. The molecular formula is C8H6F3NO3. The van der Waals surface area contributed by atoms with Gasteiger partial charge in [0, 0.05) is 6.07 Å². The second kappa shape index (κ2) is 3.76. The Morgan fingerprint density at radius 2 is 2.00 bits per heavy atom. The molecule has 1 rings (SSSR count). The average molecular weight is 221 g/mol. The van der Waals surface area contributed by atoms with E-state index in [1.165, 1.54) is 0 Å². The summed E-state index contributed by atoms with van der Waals surface area (Å²) in [5.41, 5.74) is -3.05. The predicted octanol–water partition coefficient (Wildman–Crippen LogP) is 1.18. The van der Waals surface area contributed by atoms with Crippen LogP contribution in [0.2, 0.25) is 0 Å². The molecule has 0 amide bonds. The van der Waals surface area contributed by atoms with Crippen LogP contribution in [0.5, 0.6) is 0 Å². The van der Waals surface area contributed by atoms with Crippen LogP contribution in [-0.2, 0) is 10.9 Å². The number of esters is 1. The molecule has 1 N–H and O–H groups in total. The molecule has 0 aliphatic rings. The van der Waals surface area contributed by atoms with E-state index in [2.05, 4.69) is 4.74 Å². The summed E-state index contributed by atoms with van der Waals surface area (Å²) in [6.07, 6.45) is -4.80. The third kappa shape index (κ3) is 2.36. The number of carbonyl (C=O) groups excluding carboxylic acids is 1. The maximum absolute atomic E-state index is 12.3. The minimum atomic E-state index is -4.80. The molecule has 0 unspecified atom stereocenters. The molecule has 82 valence electrons. The Bertz CT molecular complexity index is 435. The lowest BCUT2D eigenvalue weighted by Gasteiger charge is -2.09. The number of aromatic amines is 1. The Balaban J connectivity index is 3.40. The van der Waals surface area contributed by atoms with Crippen LogP contribution in [-0.4, -0.2) is 18.1 Å². The summed E-state index contributed by atoms with van der Waals surface area (Å²) in [6, 6.07) is 1.59. The highest BCUT2D eigenvalue weighted by Crippen LogP contribution is 2.29. The molecule has 0 saturated carbocycles. The van der Waals surface area contributed by atoms with Crippen molar-refractivity contribution in [2.75, 3.05) is 7.11 Å². The molecule has 0 saturated heterocycles. The van der Waals surface area contributed by atoms with E-state index < -0.39 is 29.0 Å². The molecule has 0 aromatic carbocycles. The minimum absolute atomic E-state index is 0.718. The highest BCUT2D eigenvalue weighted by molar-refractivity contribution is 5.90. The molecule has 0 radical (unpaired) electrons. The molecule has 0 fully saturated rings. The van der Waals surface area contributed by atoms with E-state index in [1.54, 1.807) is 4.98 Å². The van der Waals surface area contributed by atoms with Gasteiger partial charge in [0.2, 0.25) is 5.56 Å². The van der Waals surface area contributed by atoms with Gasteiger partial charge in [-0.2, -0.15) is 13.2 Å². The maximum atomic E-state index is 12.3. The third-order valence-corrected chi connectivity index (χ3v) is 1.61. The minimum Gasteiger partial charge on any atom is -0.465 e. The van der Waals surface area contributed by atoms with Gasteiger partial charge in [0.05, 0.1) is 12.7 Å². The van der Waals surface area contributed by atoms with E-state index in [0.29, 0.717) is 0 Å². The normalized spacial score (nSPS) is 11.2. The van der Waals surface area contributed by atoms with Gasteiger partial charge in [-0.25, -0.2) is 4.79 Å². The lowest BCUT2D eigenvalue weighted by Crippen LogP contribution is -2.21. The topological polar surface area (TPSA) is 59.2 Å². The predicted molar refractivity (Wildman–Crippen MR) is 43.4 cm³/mol. The van der Waals surface area contributed by atoms with Crippen LogP contribution in [0.15, 0.2) is 16.9 Å². The van der Waals surface area contributed by atoms with Crippen LogP contribution in [0.3, 0.4) is 0 Å². The number of hydrogen-bond donors (Lipinski definition) is 1. The first-order chi connectivity index (χ1) is 6.86. The van der Waals surface area contributed by atoms with E-state index in [4.69, 9.17) is 0 Å². The number of carbonyl (C=O) groups is 1. The molecule has 7 heteroatoms. The van der Waals surface area contributed by atoms with E-state index in [1.807, 2.05) is 0 Å². The number of ether oxygens (including phenoxy) is 1. The Hall–Kier alpha value is -1.79. The number of methoxy groups -OCH3 is 1. The van der Waals surface area contributed by atoms with E-state index in [-0.39, 0.29) is 0 Å². The summed E-state index contributed by atoms with van der Waals surface area (Å²) >= 11 is 0. The van der Waals surface area contributed by atoms with Crippen LogP contribution < -0.4 is 5.56 Å². The summed E-state index contributed by atoms with van der Waals surface area (Å²) in [4.78, 5) is 23.2. The molecular weight excluding hydrogens is 215 g/mol. The zero-order valence-corrected chi connectivity index (χ0v) is 7.51. The lowest BCUT2D eigenvalue weighted by atomic mass is 10.2. The largest absolute Gasteiger partial charge is 0.465 e. The smallest absolute Gasteiger partial charge is 0.432 e. The van der Waals surface area contributed by atoms with Gasteiger partial charge in [-0.15, -0.1) is 0 Å². The second-order valence-corrected chi connectivity index (χ2v) is 2.60. The van der Waals surface area contributed by atoms with Gasteiger partial charge in [0.25, 0.3) is 0 Å². The van der Waals surface area contributed by atoms with Gasteiger partial charge in [-0.05, 0) is 6.07 Å². The first-order valence-corrected chi connectivity index (χ1v) is 3.75. The molecule has 0 spiro atoms. The summed E-state index contributed by atoms with van der Waals surface area (Å²) in [5.74, 6) is -1.15. The fourth-order valence-electron chi connectivity index (χ4n) is 0.978. The Kier molecular flexibility index (Phi) is 2.83. The van der Waals surface area contributed by atoms with Crippen molar-refractivity contribution in [2.24, 2.45) is 0 Å². The second-order valence-electron chi connectivity index (χ2n) is 2.60. The van der Waals surface area contributed by atoms with Crippen molar-refractivity contribution in [3.63, 3.8) is 0 Å². The molecule has 0 aliphatic carbocycles. The summed E-state index contributed by atoms with van der Waals surface area (Å²) in [5, 5.41) is 0. The van der Waals surface area contributed by atoms with Crippen LogP contribution in [0, 0.1) is 0 Å². The van der Waals surface area contributed by atoms with Crippen molar-refractivity contribution in [1.29, 1.82) is 0 Å². The highest BCUT2D eigenvalue weighted by atomic mass is 19.4. The van der Waals surface area contributed by atoms with Crippen molar-refractivity contribution in [1.82, 2.24) is 4.98 Å². The monoisotopic (exact) mass is 221 g/mol. The van der Waals surface area contributed by atoms with Gasteiger partial charge >= 0.3 is 12.1 Å². The molecule has 0 atom stereocenters.